The monoisotopic (exact) mass is 393 g/mol. The molecule has 1 amide bonds. The number of alkyl carbamates (subject to hydrolysis) is 1. The number of nitrogens with one attached hydrogen (secondary N) is 1. The van der Waals surface area contributed by atoms with Crippen LogP contribution in [0.5, 0.6) is 0 Å². The van der Waals surface area contributed by atoms with Crippen LogP contribution >= 0.6 is 23.2 Å². The first kappa shape index (κ1) is 19.8. The van der Waals surface area contributed by atoms with Gasteiger partial charge >= 0.3 is 12.1 Å². The maximum absolute atomic E-state index is 11.8. The fraction of sp³-hybridized carbons (Fsp3) is 0.158. The average Bonchev–Trinajstić information content (AvgIpc) is 2.61. The molecular weight excluding hydrogens is 377 g/mol. The summed E-state index contributed by atoms with van der Waals surface area (Å²) in [6.45, 7) is 1.74. The van der Waals surface area contributed by atoms with Crippen LogP contribution in [0.15, 0.2) is 60.3 Å². The van der Waals surface area contributed by atoms with E-state index < -0.39 is 12.1 Å². The SMILES string of the molecule is CC(=CC(=O)OCc1ccccc1)NC(=O)OCc1ccc(Cl)c(Cl)c1. The first-order valence-electron chi connectivity index (χ1n) is 7.70. The van der Waals surface area contributed by atoms with Gasteiger partial charge in [0.25, 0.3) is 0 Å². The largest absolute Gasteiger partial charge is 0.458 e. The Kier molecular flexibility index (Phi) is 7.51. The number of halogens is 2. The van der Waals surface area contributed by atoms with Gasteiger partial charge < -0.3 is 9.47 Å². The van der Waals surface area contributed by atoms with Gasteiger partial charge in [-0.2, -0.15) is 0 Å². The van der Waals surface area contributed by atoms with Crippen molar-refractivity contribution < 1.29 is 19.1 Å². The van der Waals surface area contributed by atoms with Crippen molar-refractivity contribution in [1.82, 2.24) is 5.32 Å². The molecule has 0 atom stereocenters. The molecule has 0 aromatic heterocycles. The van der Waals surface area contributed by atoms with Crippen molar-refractivity contribution >= 4 is 35.3 Å². The Morgan fingerprint density at radius 3 is 2.35 bits per heavy atom. The molecule has 0 saturated carbocycles. The molecule has 0 aliphatic heterocycles. The molecule has 0 saturated heterocycles. The van der Waals surface area contributed by atoms with Crippen molar-refractivity contribution in [2.24, 2.45) is 0 Å². The minimum Gasteiger partial charge on any atom is -0.458 e. The van der Waals surface area contributed by atoms with Gasteiger partial charge in [0.1, 0.15) is 13.2 Å². The van der Waals surface area contributed by atoms with Gasteiger partial charge in [0.15, 0.2) is 0 Å². The van der Waals surface area contributed by atoms with Crippen LogP contribution in [-0.4, -0.2) is 12.1 Å². The Morgan fingerprint density at radius 1 is 0.962 bits per heavy atom. The highest BCUT2D eigenvalue weighted by Crippen LogP contribution is 2.22. The van der Waals surface area contributed by atoms with Crippen LogP contribution in [0.4, 0.5) is 4.79 Å². The lowest BCUT2D eigenvalue weighted by molar-refractivity contribution is -0.139. The number of carbonyl (C=O) groups excluding carboxylic acids is 2. The summed E-state index contributed by atoms with van der Waals surface area (Å²) in [4.78, 5) is 23.5. The Labute approximate surface area is 161 Å². The fourth-order valence-electron chi connectivity index (χ4n) is 1.96. The third kappa shape index (κ3) is 6.78. The van der Waals surface area contributed by atoms with E-state index in [0.29, 0.717) is 21.3 Å². The Morgan fingerprint density at radius 2 is 1.65 bits per heavy atom. The van der Waals surface area contributed by atoms with Crippen LogP contribution in [0.3, 0.4) is 0 Å². The van der Waals surface area contributed by atoms with E-state index in [-0.39, 0.29) is 13.2 Å². The van der Waals surface area contributed by atoms with Crippen molar-refractivity contribution in [2.45, 2.75) is 20.1 Å². The number of amides is 1. The van der Waals surface area contributed by atoms with E-state index in [2.05, 4.69) is 5.32 Å². The molecule has 2 aromatic rings. The molecule has 0 aliphatic carbocycles. The van der Waals surface area contributed by atoms with Gasteiger partial charge in [-0.15, -0.1) is 0 Å². The minimum absolute atomic E-state index is 0.0223. The van der Waals surface area contributed by atoms with Crippen LogP contribution in [0.1, 0.15) is 18.1 Å². The number of benzene rings is 2. The predicted molar refractivity (Wildman–Crippen MR) is 99.8 cm³/mol. The van der Waals surface area contributed by atoms with E-state index in [1.54, 1.807) is 25.1 Å². The van der Waals surface area contributed by atoms with Crippen LogP contribution in [0.2, 0.25) is 10.0 Å². The molecule has 0 heterocycles. The van der Waals surface area contributed by atoms with E-state index in [1.807, 2.05) is 30.3 Å². The number of esters is 1. The number of hydrogen-bond donors (Lipinski definition) is 1. The molecule has 0 spiro atoms. The van der Waals surface area contributed by atoms with E-state index in [0.717, 1.165) is 5.56 Å². The second-order valence-corrected chi connectivity index (χ2v) is 6.18. The van der Waals surface area contributed by atoms with Crippen molar-refractivity contribution in [2.75, 3.05) is 0 Å². The summed E-state index contributed by atoms with van der Waals surface area (Å²) < 4.78 is 10.2. The van der Waals surface area contributed by atoms with E-state index in [1.165, 1.54) is 6.08 Å². The zero-order valence-corrected chi connectivity index (χ0v) is 15.5. The Hall–Kier alpha value is -2.50. The van der Waals surface area contributed by atoms with Gasteiger partial charge in [-0.3, -0.25) is 5.32 Å². The molecule has 7 heteroatoms. The number of rotatable bonds is 6. The van der Waals surface area contributed by atoms with E-state index in [4.69, 9.17) is 32.7 Å². The highest BCUT2D eigenvalue weighted by molar-refractivity contribution is 6.42. The molecule has 0 bridgehead atoms. The highest BCUT2D eigenvalue weighted by Gasteiger charge is 2.07. The number of hydrogen-bond acceptors (Lipinski definition) is 4. The minimum atomic E-state index is -0.694. The summed E-state index contributed by atoms with van der Waals surface area (Å²) >= 11 is 11.7. The lowest BCUT2D eigenvalue weighted by atomic mass is 10.2. The lowest BCUT2D eigenvalue weighted by Crippen LogP contribution is -2.23. The van der Waals surface area contributed by atoms with Gasteiger partial charge in [-0.05, 0) is 30.2 Å². The summed E-state index contributed by atoms with van der Waals surface area (Å²) in [5, 5.41) is 3.25. The third-order valence-electron chi connectivity index (χ3n) is 3.21. The molecule has 0 fully saturated rings. The quantitative estimate of drug-likeness (QED) is 0.561. The second kappa shape index (κ2) is 9.85. The zero-order chi connectivity index (χ0) is 18.9. The third-order valence-corrected chi connectivity index (χ3v) is 3.95. The number of carbonyl (C=O) groups is 2. The molecule has 0 unspecified atom stereocenters. The predicted octanol–water partition coefficient (Wildman–Crippen LogP) is 4.87. The number of ether oxygens (including phenoxy) is 2. The second-order valence-electron chi connectivity index (χ2n) is 5.37. The van der Waals surface area contributed by atoms with E-state index in [9.17, 15) is 9.59 Å². The maximum Gasteiger partial charge on any atom is 0.411 e. The van der Waals surface area contributed by atoms with Crippen molar-refractivity contribution in [1.29, 1.82) is 0 Å². The Bertz CT molecular complexity index is 806. The summed E-state index contributed by atoms with van der Waals surface area (Å²) in [6.07, 6.45) is 0.490. The fourth-order valence-corrected chi connectivity index (χ4v) is 2.28. The summed E-state index contributed by atoms with van der Waals surface area (Å²) in [6, 6.07) is 14.2. The van der Waals surface area contributed by atoms with Gasteiger partial charge in [0.2, 0.25) is 0 Å². The van der Waals surface area contributed by atoms with Gasteiger partial charge in [-0.1, -0.05) is 59.6 Å². The molecular formula is C19H17Cl2NO4. The number of allylic oxidation sites excluding steroid dienone is 1. The van der Waals surface area contributed by atoms with Crippen LogP contribution in [0, 0.1) is 0 Å². The molecule has 0 aliphatic rings. The lowest BCUT2D eigenvalue weighted by Gasteiger charge is -2.08. The molecule has 2 aromatic carbocycles. The first-order valence-corrected chi connectivity index (χ1v) is 8.46. The highest BCUT2D eigenvalue weighted by atomic mass is 35.5. The maximum atomic E-state index is 11.8. The average molecular weight is 394 g/mol. The smallest absolute Gasteiger partial charge is 0.411 e. The summed E-state index contributed by atoms with van der Waals surface area (Å²) in [7, 11) is 0. The van der Waals surface area contributed by atoms with Crippen molar-refractivity contribution in [3.8, 4) is 0 Å². The molecule has 26 heavy (non-hydrogen) atoms. The standard InChI is InChI=1S/C19H17Cl2NO4/c1-13(9-18(23)25-11-14-5-3-2-4-6-14)22-19(24)26-12-15-7-8-16(20)17(21)10-15/h2-10H,11-12H2,1H3,(H,22,24). The van der Waals surface area contributed by atoms with E-state index >= 15 is 0 Å². The van der Waals surface area contributed by atoms with Gasteiger partial charge in [0.05, 0.1) is 10.0 Å². The molecule has 136 valence electrons. The zero-order valence-electron chi connectivity index (χ0n) is 14.0. The normalized spacial score (nSPS) is 11.0. The van der Waals surface area contributed by atoms with Crippen molar-refractivity contribution in [3.63, 3.8) is 0 Å². The van der Waals surface area contributed by atoms with Crippen molar-refractivity contribution in [3.05, 3.63) is 81.5 Å². The van der Waals surface area contributed by atoms with Gasteiger partial charge in [-0.25, -0.2) is 9.59 Å². The Balaban J connectivity index is 1.77. The molecule has 1 N–H and O–H groups in total. The molecule has 0 radical (unpaired) electrons. The topological polar surface area (TPSA) is 64.6 Å². The molecule has 2 rings (SSSR count). The van der Waals surface area contributed by atoms with Crippen LogP contribution < -0.4 is 5.32 Å². The molecule has 5 nitrogen and oxygen atoms in total. The summed E-state index contributed by atoms with van der Waals surface area (Å²) in [5.74, 6) is -0.559. The van der Waals surface area contributed by atoms with Gasteiger partial charge in [0, 0.05) is 11.8 Å². The first-order chi connectivity index (χ1) is 12.4. The van der Waals surface area contributed by atoms with Crippen LogP contribution in [0.25, 0.3) is 0 Å². The van der Waals surface area contributed by atoms with Crippen LogP contribution in [-0.2, 0) is 27.5 Å². The summed E-state index contributed by atoms with van der Waals surface area (Å²) in [5.41, 5.74) is 1.88.